The summed E-state index contributed by atoms with van der Waals surface area (Å²) in [5, 5.41) is 12.6. The summed E-state index contributed by atoms with van der Waals surface area (Å²) < 4.78 is 8.83. The van der Waals surface area contributed by atoms with Crippen LogP contribution in [0, 0.1) is 0 Å². The minimum atomic E-state index is 0.911. The number of fused-ring (bicyclic) bond motifs is 11. The number of para-hydroxylation sites is 2. The van der Waals surface area contributed by atoms with Gasteiger partial charge in [-0.1, -0.05) is 121 Å². The third-order valence-corrected chi connectivity index (χ3v) is 10.4. The van der Waals surface area contributed by atoms with Crippen LogP contribution in [0.15, 0.2) is 164 Å². The van der Waals surface area contributed by atoms with Gasteiger partial charge >= 0.3 is 0 Å². The van der Waals surface area contributed by atoms with E-state index < -0.39 is 0 Å². The number of aromatic nitrogens is 1. The van der Waals surface area contributed by atoms with Crippen molar-refractivity contribution in [1.29, 1.82) is 0 Å². The van der Waals surface area contributed by atoms with Crippen LogP contribution in [0.2, 0.25) is 0 Å². The Kier molecular flexibility index (Phi) is 5.14. The van der Waals surface area contributed by atoms with E-state index in [9.17, 15) is 0 Å². The monoisotopic (exact) mass is 609 g/mol. The van der Waals surface area contributed by atoms with Gasteiger partial charge in [-0.2, -0.15) is 0 Å². The molecule has 1 aliphatic rings. The largest absolute Gasteiger partial charge is 0.456 e. The molecule has 0 bridgehead atoms. The van der Waals surface area contributed by atoms with E-state index >= 15 is 0 Å². The predicted octanol–water partition coefficient (Wildman–Crippen LogP) is 12.8. The van der Waals surface area contributed by atoms with E-state index in [-0.39, 0.29) is 0 Å². The van der Waals surface area contributed by atoms with Crippen molar-refractivity contribution < 1.29 is 4.74 Å². The van der Waals surface area contributed by atoms with Gasteiger partial charge in [-0.05, 0) is 96.9 Å². The van der Waals surface area contributed by atoms with Crippen molar-refractivity contribution in [1.82, 2.24) is 4.57 Å². The zero-order valence-corrected chi connectivity index (χ0v) is 25.9. The fourth-order valence-corrected chi connectivity index (χ4v) is 8.29. The molecule has 0 spiro atoms. The molecule has 0 unspecified atom stereocenters. The van der Waals surface area contributed by atoms with E-state index in [1.807, 2.05) is 6.07 Å². The number of benzene rings is 9. The highest BCUT2D eigenvalue weighted by Crippen LogP contribution is 2.49. The molecule has 2 heteroatoms. The van der Waals surface area contributed by atoms with Gasteiger partial charge < -0.3 is 9.30 Å². The van der Waals surface area contributed by atoms with Crippen LogP contribution >= 0.6 is 0 Å². The van der Waals surface area contributed by atoms with Crippen molar-refractivity contribution in [3.63, 3.8) is 0 Å². The summed E-state index contributed by atoms with van der Waals surface area (Å²) in [5.74, 6) is 1.83. The molecule has 0 saturated carbocycles. The first-order chi connectivity index (χ1) is 23.8. The lowest BCUT2D eigenvalue weighted by Gasteiger charge is -2.22. The van der Waals surface area contributed by atoms with Gasteiger partial charge in [0.25, 0.3) is 0 Å². The van der Waals surface area contributed by atoms with E-state index in [2.05, 4.69) is 162 Å². The van der Waals surface area contributed by atoms with Gasteiger partial charge in [0, 0.05) is 27.4 Å². The van der Waals surface area contributed by atoms with E-state index in [1.165, 1.54) is 87.3 Å². The van der Waals surface area contributed by atoms with Crippen molar-refractivity contribution in [2.24, 2.45) is 0 Å². The normalized spacial score (nSPS) is 12.3. The summed E-state index contributed by atoms with van der Waals surface area (Å²) in [7, 11) is 0. The summed E-state index contributed by atoms with van der Waals surface area (Å²) in [6.07, 6.45) is 0. The molecule has 0 N–H and O–H groups in total. The molecule has 2 nitrogen and oxygen atoms in total. The highest BCUT2D eigenvalue weighted by atomic mass is 16.5. The minimum Gasteiger partial charge on any atom is -0.456 e. The summed E-state index contributed by atoms with van der Waals surface area (Å²) >= 11 is 0. The fraction of sp³-hybridized carbons (Fsp3) is 0. The molecular formula is C46H27NO. The first kappa shape index (κ1) is 25.8. The third-order valence-electron chi connectivity index (χ3n) is 10.4. The molecule has 10 aromatic rings. The van der Waals surface area contributed by atoms with Crippen LogP contribution in [-0.4, -0.2) is 4.57 Å². The van der Waals surface area contributed by atoms with Crippen LogP contribution < -0.4 is 4.74 Å². The van der Waals surface area contributed by atoms with E-state index in [0.29, 0.717) is 0 Å². The standard InChI is InChI=1S/C46H27NO/c1-2-12-33-31(10-1)32-11-3-4-13-34(32)40-27-29(21-22-35(33)40)47-42-18-7-5-14-36(42)41-26-28(20-24-43(41)47)30-23-25-45-46-38(30)16-9-17-39(46)37-15-6-8-19-44(37)48-45/h1-27H. The maximum Gasteiger partial charge on any atom is 0.135 e. The Bertz CT molecular complexity index is 2950. The van der Waals surface area contributed by atoms with Crippen LogP contribution in [0.5, 0.6) is 11.5 Å². The van der Waals surface area contributed by atoms with E-state index in [4.69, 9.17) is 4.74 Å². The van der Waals surface area contributed by atoms with Crippen LogP contribution in [0.1, 0.15) is 0 Å². The van der Waals surface area contributed by atoms with Crippen molar-refractivity contribution in [3.05, 3.63) is 164 Å². The molecular weight excluding hydrogens is 583 g/mol. The summed E-state index contributed by atoms with van der Waals surface area (Å²) in [5.41, 5.74) is 8.34. The van der Waals surface area contributed by atoms with Gasteiger partial charge in [0.15, 0.2) is 0 Å². The smallest absolute Gasteiger partial charge is 0.135 e. The Labute approximate surface area is 276 Å². The van der Waals surface area contributed by atoms with Gasteiger partial charge in [0.2, 0.25) is 0 Å². The van der Waals surface area contributed by atoms with Crippen molar-refractivity contribution in [2.75, 3.05) is 0 Å². The molecule has 222 valence electrons. The van der Waals surface area contributed by atoms with Crippen LogP contribution in [0.4, 0.5) is 0 Å². The minimum absolute atomic E-state index is 0.911. The average Bonchev–Trinajstić information content (AvgIpc) is 3.49. The van der Waals surface area contributed by atoms with Crippen LogP contribution in [0.25, 0.3) is 92.8 Å². The summed E-state index contributed by atoms with van der Waals surface area (Å²) in [4.78, 5) is 0. The molecule has 0 fully saturated rings. The highest BCUT2D eigenvalue weighted by Gasteiger charge is 2.22. The van der Waals surface area contributed by atoms with E-state index in [1.54, 1.807) is 0 Å². The maximum atomic E-state index is 6.40. The number of hydrogen-bond acceptors (Lipinski definition) is 1. The van der Waals surface area contributed by atoms with Crippen LogP contribution in [-0.2, 0) is 0 Å². The number of nitrogens with zero attached hydrogens (tertiary/aromatic N) is 1. The van der Waals surface area contributed by atoms with Crippen molar-refractivity contribution >= 4 is 64.9 Å². The van der Waals surface area contributed by atoms with Crippen molar-refractivity contribution in [2.45, 2.75) is 0 Å². The molecule has 0 aliphatic carbocycles. The van der Waals surface area contributed by atoms with Gasteiger partial charge in [-0.25, -0.2) is 0 Å². The fourth-order valence-electron chi connectivity index (χ4n) is 8.29. The molecule has 0 amide bonds. The van der Waals surface area contributed by atoms with Gasteiger partial charge in [-0.3, -0.25) is 0 Å². The molecule has 48 heavy (non-hydrogen) atoms. The SMILES string of the molecule is c1ccc2c(c1)Oc1ccc(-c3ccc4c(c3)c3ccccc3n4-c3ccc4c5ccccc5c5ccccc5c4c3)c3cccc-2c13. The van der Waals surface area contributed by atoms with Gasteiger partial charge in [0.05, 0.1) is 11.0 Å². The zero-order valence-electron chi connectivity index (χ0n) is 25.9. The number of ether oxygens (including phenoxy) is 1. The molecule has 1 aliphatic heterocycles. The highest BCUT2D eigenvalue weighted by molar-refractivity contribution is 6.25. The van der Waals surface area contributed by atoms with Crippen LogP contribution in [0.3, 0.4) is 0 Å². The number of hydrogen-bond donors (Lipinski definition) is 0. The predicted molar refractivity (Wildman–Crippen MR) is 202 cm³/mol. The third kappa shape index (κ3) is 3.46. The molecule has 0 radical (unpaired) electrons. The Morgan fingerprint density at radius 1 is 0.333 bits per heavy atom. The Morgan fingerprint density at radius 2 is 0.958 bits per heavy atom. The molecule has 0 saturated heterocycles. The first-order valence-corrected chi connectivity index (χ1v) is 16.5. The van der Waals surface area contributed by atoms with Gasteiger partial charge in [0.1, 0.15) is 11.5 Å². The molecule has 9 aromatic carbocycles. The lowest BCUT2D eigenvalue weighted by Crippen LogP contribution is -1.97. The molecule has 0 atom stereocenters. The topological polar surface area (TPSA) is 14.2 Å². The summed E-state index contributed by atoms with van der Waals surface area (Å²) in [6.45, 7) is 0. The average molecular weight is 610 g/mol. The Hall–Kier alpha value is -6.38. The number of rotatable bonds is 2. The van der Waals surface area contributed by atoms with E-state index in [0.717, 1.165) is 17.1 Å². The lowest BCUT2D eigenvalue weighted by molar-refractivity contribution is 0.487. The lowest BCUT2D eigenvalue weighted by atomic mass is 9.90. The maximum absolute atomic E-state index is 6.40. The summed E-state index contributed by atoms with van der Waals surface area (Å²) in [6, 6.07) is 59.6. The molecule has 2 heterocycles. The Balaban J connectivity index is 1.15. The zero-order chi connectivity index (χ0) is 31.3. The second-order valence-corrected chi connectivity index (χ2v) is 12.8. The first-order valence-electron chi connectivity index (χ1n) is 16.5. The van der Waals surface area contributed by atoms with Crippen molar-refractivity contribution in [3.8, 4) is 39.4 Å². The second-order valence-electron chi connectivity index (χ2n) is 12.8. The second kappa shape index (κ2) is 9.57. The molecule has 1 aromatic heterocycles. The Morgan fingerprint density at radius 3 is 1.77 bits per heavy atom. The quantitative estimate of drug-likeness (QED) is 0.178. The molecule has 11 rings (SSSR count). The van der Waals surface area contributed by atoms with Gasteiger partial charge in [-0.15, -0.1) is 0 Å².